The highest BCUT2D eigenvalue weighted by atomic mass is 19.3. The minimum absolute atomic E-state index is 0.114. The summed E-state index contributed by atoms with van der Waals surface area (Å²) in [5, 5.41) is 8.76. The van der Waals surface area contributed by atoms with E-state index in [-0.39, 0.29) is 11.7 Å². The third-order valence-electron chi connectivity index (χ3n) is 3.15. The Kier molecular flexibility index (Phi) is 4.31. The highest BCUT2D eigenvalue weighted by molar-refractivity contribution is 5.38. The first-order chi connectivity index (χ1) is 9.60. The van der Waals surface area contributed by atoms with Crippen LogP contribution < -0.4 is 4.74 Å². The van der Waals surface area contributed by atoms with Gasteiger partial charge in [-0.3, -0.25) is 0 Å². The van der Waals surface area contributed by atoms with E-state index in [0.29, 0.717) is 5.56 Å². The molecule has 20 heavy (non-hydrogen) atoms. The standard InChI is InChI=1S/C16H13F2NO/c1-11(13-4-2-12(10-19)3-5-13)14-6-8-15(9-7-14)20-16(17)18/h2-9,11,16H,1H3. The van der Waals surface area contributed by atoms with Crippen molar-refractivity contribution >= 4 is 0 Å². The molecule has 4 heteroatoms. The Morgan fingerprint density at radius 1 is 0.950 bits per heavy atom. The van der Waals surface area contributed by atoms with Crippen LogP contribution in [0.25, 0.3) is 0 Å². The zero-order valence-corrected chi connectivity index (χ0v) is 10.9. The van der Waals surface area contributed by atoms with Gasteiger partial charge in [0.25, 0.3) is 0 Å². The molecule has 0 aliphatic carbocycles. The number of ether oxygens (including phenoxy) is 1. The second-order valence-corrected chi connectivity index (χ2v) is 4.40. The SMILES string of the molecule is CC(c1ccc(C#N)cc1)c1ccc(OC(F)F)cc1. The molecule has 0 amide bonds. The maximum Gasteiger partial charge on any atom is 0.387 e. The van der Waals surface area contributed by atoms with Gasteiger partial charge in [-0.25, -0.2) is 0 Å². The molecule has 0 fully saturated rings. The molecule has 0 saturated carbocycles. The van der Waals surface area contributed by atoms with Gasteiger partial charge in [0, 0.05) is 5.92 Å². The third kappa shape index (κ3) is 3.33. The van der Waals surface area contributed by atoms with Crippen molar-refractivity contribution in [1.82, 2.24) is 0 Å². The largest absolute Gasteiger partial charge is 0.435 e. The van der Waals surface area contributed by atoms with E-state index in [1.54, 1.807) is 24.3 Å². The van der Waals surface area contributed by atoms with E-state index in [0.717, 1.165) is 11.1 Å². The van der Waals surface area contributed by atoms with Gasteiger partial charge in [0.1, 0.15) is 5.75 Å². The van der Waals surface area contributed by atoms with Crippen LogP contribution in [0.3, 0.4) is 0 Å². The minimum Gasteiger partial charge on any atom is -0.435 e. The van der Waals surface area contributed by atoms with Crippen LogP contribution in [0.4, 0.5) is 8.78 Å². The van der Waals surface area contributed by atoms with Gasteiger partial charge in [-0.15, -0.1) is 0 Å². The lowest BCUT2D eigenvalue weighted by atomic mass is 9.92. The molecule has 0 aliphatic rings. The molecule has 102 valence electrons. The van der Waals surface area contributed by atoms with E-state index in [4.69, 9.17) is 5.26 Å². The molecular formula is C16H13F2NO. The highest BCUT2D eigenvalue weighted by Gasteiger charge is 2.10. The molecule has 2 aromatic rings. The Labute approximate surface area is 116 Å². The van der Waals surface area contributed by atoms with Crippen LogP contribution in [-0.4, -0.2) is 6.61 Å². The molecule has 1 unspecified atom stereocenters. The molecule has 0 spiro atoms. The van der Waals surface area contributed by atoms with Gasteiger partial charge >= 0.3 is 6.61 Å². The first kappa shape index (κ1) is 14.0. The smallest absolute Gasteiger partial charge is 0.387 e. The fourth-order valence-electron chi connectivity index (χ4n) is 1.98. The summed E-state index contributed by atoms with van der Waals surface area (Å²) >= 11 is 0. The topological polar surface area (TPSA) is 33.0 Å². The molecule has 0 saturated heterocycles. The molecule has 1 atom stereocenters. The third-order valence-corrected chi connectivity index (χ3v) is 3.15. The van der Waals surface area contributed by atoms with Crippen LogP contribution in [0.15, 0.2) is 48.5 Å². The monoisotopic (exact) mass is 273 g/mol. The number of halogens is 2. The fourth-order valence-corrected chi connectivity index (χ4v) is 1.98. The molecule has 0 N–H and O–H groups in total. The zero-order valence-electron chi connectivity index (χ0n) is 10.9. The maximum absolute atomic E-state index is 12.1. The van der Waals surface area contributed by atoms with Crippen LogP contribution >= 0.6 is 0 Å². The van der Waals surface area contributed by atoms with E-state index in [1.165, 1.54) is 12.1 Å². The van der Waals surface area contributed by atoms with E-state index < -0.39 is 6.61 Å². The molecule has 0 aromatic heterocycles. The maximum atomic E-state index is 12.1. The molecule has 0 heterocycles. The fraction of sp³-hybridized carbons (Fsp3) is 0.188. The summed E-state index contributed by atoms with van der Waals surface area (Å²) in [6.07, 6.45) is 0. The lowest BCUT2D eigenvalue weighted by Crippen LogP contribution is -2.02. The Morgan fingerprint density at radius 2 is 1.45 bits per heavy atom. The summed E-state index contributed by atoms with van der Waals surface area (Å²) in [6, 6.07) is 16.0. The lowest BCUT2D eigenvalue weighted by Gasteiger charge is -2.13. The van der Waals surface area contributed by atoms with Gasteiger partial charge in [0.05, 0.1) is 11.6 Å². The van der Waals surface area contributed by atoms with Crippen molar-refractivity contribution in [2.45, 2.75) is 19.5 Å². The second-order valence-electron chi connectivity index (χ2n) is 4.40. The highest BCUT2D eigenvalue weighted by Crippen LogP contribution is 2.26. The molecule has 0 aliphatic heterocycles. The van der Waals surface area contributed by atoms with Crippen molar-refractivity contribution in [2.24, 2.45) is 0 Å². The van der Waals surface area contributed by atoms with Crippen molar-refractivity contribution in [3.05, 3.63) is 65.2 Å². The first-order valence-electron chi connectivity index (χ1n) is 6.15. The number of alkyl halides is 2. The Balaban J connectivity index is 2.15. The first-order valence-corrected chi connectivity index (χ1v) is 6.15. The number of hydrogen-bond acceptors (Lipinski definition) is 2. The minimum atomic E-state index is -2.81. The van der Waals surface area contributed by atoms with Crippen molar-refractivity contribution < 1.29 is 13.5 Å². The van der Waals surface area contributed by atoms with Crippen molar-refractivity contribution in [3.8, 4) is 11.8 Å². The van der Waals surface area contributed by atoms with Crippen LogP contribution in [-0.2, 0) is 0 Å². The Morgan fingerprint density at radius 3 is 1.90 bits per heavy atom. The molecule has 2 aromatic carbocycles. The predicted octanol–water partition coefficient (Wildman–Crippen LogP) is 4.31. The summed E-state index contributed by atoms with van der Waals surface area (Å²) in [6.45, 7) is -0.790. The predicted molar refractivity (Wildman–Crippen MR) is 71.7 cm³/mol. The van der Waals surface area contributed by atoms with Crippen LogP contribution in [0, 0.1) is 11.3 Å². The van der Waals surface area contributed by atoms with Gasteiger partial charge in [-0.1, -0.05) is 31.2 Å². The molecular weight excluding hydrogens is 260 g/mol. The summed E-state index contributed by atoms with van der Waals surface area (Å²) in [7, 11) is 0. The Hall–Kier alpha value is -2.41. The number of rotatable bonds is 4. The van der Waals surface area contributed by atoms with Crippen LogP contribution in [0.1, 0.15) is 29.5 Å². The van der Waals surface area contributed by atoms with Crippen molar-refractivity contribution in [2.75, 3.05) is 0 Å². The normalized spacial score (nSPS) is 11.9. The summed E-state index contributed by atoms with van der Waals surface area (Å²) in [5.41, 5.74) is 2.67. The number of nitriles is 1. The van der Waals surface area contributed by atoms with Crippen molar-refractivity contribution in [3.63, 3.8) is 0 Å². The van der Waals surface area contributed by atoms with E-state index in [1.807, 2.05) is 19.1 Å². The zero-order chi connectivity index (χ0) is 14.5. The Bertz CT molecular complexity index is 600. The summed E-state index contributed by atoms with van der Waals surface area (Å²) < 4.78 is 28.5. The van der Waals surface area contributed by atoms with Gasteiger partial charge in [0.2, 0.25) is 0 Å². The molecule has 0 radical (unpaired) electrons. The quantitative estimate of drug-likeness (QED) is 0.831. The number of nitrogens with zero attached hydrogens (tertiary/aromatic N) is 1. The molecule has 2 nitrogen and oxygen atoms in total. The average molecular weight is 273 g/mol. The van der Waals surface area contributed by atoms with Crippen LogP contribution in [0.2, 0.25) is 0 Å². The number of hydrogen-bond donors (Lipinski definition) is 0. The van der Waals surface area contributed by atoms with Gasteiger partial charge in [-0.2, -0.15) is 14.0 Å². The van der Waals surface area contributed by atoms with E-state index in [9.17, 15) is 8.78 Å². The lowest BCUT2D eigenvalue weighted by molar-refractivity contribution is -0.0498. The second kappa shape index (κ2) is 6.16. The van der Waals surface area contributed by atoms with E-state index in [2.05, 4.69) is 10.8 Å². The van der Waals surface area contributed by atoms with E-state index >= 15 is 0 Å². The molecule has 2 rings (SSSR count). The summed E-state index contributed by atoms with van der Waals surface area (Å²) in [5.74, 6) is 0.263. The van der Waals surface area contributed by atoms with Gasteiger partial charge in [0.15, 0.2) is 0 Å². The van der Waals surface area contributed by atoms with Gasteiger partial charge in [-0.05, 0) is 35.4 Å². The van der Waals surface area contributed by atoms with Crippen molar-refractivity contribution in [1.29, 1.82) is 5.26 Å². The average Bonchev–Trinajstić information content (AvgIpc) is 2.47. The van der Waals surface area contributed by atoms with Crippen LogP contribution in [0.5, 0.6) is 5.75 Å². The molecule has 0 bridgehead atoms. The summed E-state index contributed by atoms with van der Waals surface area (Å²) in [4.78, 5) is 0. The van der Waals surface area contributed by atoms with Gasteiger partial charge < -0.3 is 4.74 Å². The number of benzene rings is 2.